The summed E-state index contributed by atoms with van der Waals surface area (Å²) in [6.45, 7) is 1.91. The van der Waals surface area contributed by atoms with Gasteiger partial charge in [0.1, 0.15) is 23.9 Å². The number of rotatable bonds is 9. The molecule has 1 aliphatic heterocycles. The number of ether oxygens (including phenoxy) is 3. The number of hydrogen-bond acceptors (Lipinski definition) is 5. The van der Waals surface area contributed by atoms with Crippen LogP contribution >= 0.6 is 0 Å². The van der Waals surface area contributed by atoms with Crippen molar-refractivity contribution in [1.29, 1.82) is 0 Å². The predicted molar refractivity (Wildman–Crippen MR) is 131 cm³/mol. The maximum Gasteiger partial charge on any atom is 0.306 e. The molecule has 0 aromatic heterocycles. The standard InChI is InChI=1S/C28H31NO5/c1-32-24-12-13-25(26(18-24)33-2)27(29-16-14-22(15-17-29)28(30)31)21-8-10-23(11-9-21)34-19-20-6-4-3-5-7-20/h3-13,18,22,27H,14-17,19H2,1-2H3,(H,30,31). The third kappa shape index (κ3) is 5.51. The van der Waals surface area contributed by atoms with Crippen molar-refractivity contribution in [2.75, 3.05) is 27.3 Å². The van der Waals surface area contributed by atoms with E-state index in [1.54, 1.807) is 14.2 Å². The molecule has 4 rings (SSSR count). The molecule has 0 amide bonds. The fourth-order valence-corrected chi connectivity index (χ4v) is 4.52. The summed E-state index contributed by atoms with van der Waals surface area (Å²) >= 11 is 0. The van der Waals surface area contributed by atoms with Crippen LogP contribution in [0.3, 0.4) is 0 Å². The zero-order chi connectivity index (χ0) is 23.9. The zero-order valence-electron chi connectivity index (χ0n) is 19.6. The minimum atomic E-state index is -0.710. The minimum absolute atomic E-state index is 0.0706. The van der Waals surface area contributed by atoms with Crippen molar-refractivity contribution in [3.05, 3.63) is 89.5 Å². The van der Waals surface area contributed by atoms with Crippen LogP contribution in [0.2, 0.25) is 0 Å². The van der Waals surface area contributed by atoms with Gasteiger partial charge in [0.2, 0.25) is 0 Å². The lowest BCUT2D eigenvalue weighted by Gasteiger charge is -2.37. The molecule has 1 heterocycles. The molecule has 0 radical (unpaired) electrons. The van der Waals surface area contributed by atoms with Crippen LogP contribution in [0.5, 0.6) is 17.2 Å². The van der Waals surface area contributed by atoms with E-state index >= 15 is 0 Å². The smallest absolute Gasteiger partial charge is 0.306 e. The Morgan fingerprint density at radius 1 is 0.941 bits per heavy atom. The minimum Gasteiger partial charge on any atom is -0.497 e. The molecule has 3 aromatic rings. The molecule has 6 heteroatoms. The summed E-state index contributed by atoms with van der Waals surface area (Å²) < 4.78 is 17.1. The second-order valence-electron chi connectivity index (χ2n) is 8.50. The molecule has 1 aliphatic rings. The maximum atomic E-state index is 11.5. The number of likely N-dealkylation sites (tertiary alicyclic amines) is 1. The molecule has 178 valence electrons. The molecule has 6 nitrogen and oxygen atoms in total. The number of hydrogen-bond donors (Lipinski definition) is 1. The summed E-state index contributed by atoms with van der Waals surface area (Å²) in [6, 6.07) is 24.0. The molecule has 0 spiro atoms. The average Bonchev–Trinajstić information content (AvgIpc) is 2.89. The Bertz CT molecular complexity index is 1080. The van der Waals surface area contributed by atoms with Gasteiger partial charge in [-0.1, -0.05) is 42.5 Å². The molecular formula is C28H31NO5. The summed E-state index contributed by atoms with van der Waals surface area (Å²) in [7, 11) is 3.29. The summed E-state index contributed by atoms with van der Waals surface area (Å²) in [5, 5.41) is 9.43. The van der Waals surface area contributed by atoms with Crippen molar-refractivity contribution < 1.29 is 24.1 Å². The fraction of sp³-hybridized carbons (Fsp3) is 0.321. The van der Waals surface area contributed by atoms with Crippen molar-refractivity contribution >= 4 is 5.97 Å². The Balaban J connectivity index is 1.60. The van der Waals surface area contributed by atoms with Gasteiger partial charge in [0.05, 0.1) is 26.2 Å². The maximum absolute atomic E-state index is 11.5. The first kappa shape index (κ1) is 23.6. The zero-order valence-corrected chi connectivity index (χ0v) is 19.6. The largest absolute Gasteiger partial charge is 0.497 e. The first-order chi connectivity index (χ1) is 16.6. The SMILES string of the molecule is COc1ccc(C(c2ccc(OCc3ccccc3)cc2)N2CCC(C(=O)O)CC2)c(OC)c1. The first-order valence-corrected chi connectivity index (χ1v) is 11.5. The number of piperidine rings is 1. The van der Waals surface area contributed by atoms with E-state index in [0.717, 1.165) is 33.9 Å². The Labute approximate surface area is 200 Å². The van der Waals surface area contributed by atoms with Crippen molar-refractivity contribution in [2.45, 2.75) is 25.5 Å². The monoisotopic (exact) mass is 461 g/mol. The van der Waals surface area contributed by atoms with Gasteiger partial charge in [-0.2, -0.15) is 0 Å². The van der Waals surface area contributed by atoms with Crippen molar-refractivity contribution in [3.8, 4) is 17.2 Å². The highest BCUT2D eigenvalue weighted by atomic mass is 16.5. The van der Waals surface area contributed by atoms with E-state index < -0.39 is 5.97 Å². The molecule has 1 unspecified atom stereocenters. The van der Waals surface area contributed by atoms with Gasteiger partial charge < -0.3 is 19.3 Å². The fourth-order valence-electron chi connectivity index (χ4n) is 4.52. The normalized spacial score (nSPS) is 15.5. The van der Waals surface area contributed by atoms with Gasteiger partial charge in [0, 0.05) is 11.6 Å². The number of methoxy groups -OCH3 is 2. The van der Waals surface area contributed by atoms with Gasteiger partial charge in [-0.05, 0) is 61.3 Å². The first-order valence-electron chi connectivity index (χ1n) is 11.5. The van der Waals surface area contributed by atoms with Crippen LogP contribution in [-0.4, -0.2) is 43.3 Å². The lowest BCUT2D eigenvalue weighted by Crippen LogP contribution is -2.39. The van der Waals surface area contributed by atoms with Crippen molar-refractivity contribution in [2.24, 2.45) is 5.92 Å². The van der Waals surface area contributed by atoms with Crippen molar-refractivity contribution in [3.63, 3.8) is 0 Å². The topological polar surface area (TPSA) is 68.2 Å². The number of carboxylic acid groups (broad SMARTS) is 1. The third-order valence-electron chi connectivity index (χ3n) is 6.42. The van der Waals surface area contributed by atoms with Crippen LogP contribution < -0.4 is 14.2 Å². The van der Waals surface area contributed by atoms with E-state index in [1.165, 1.54) is 0 Å². The van der Waals surface area contributed by atoms with Gasteiger partial charge in [-0.3, -0.25) is 9.69 Å². The highest BCUT2D eigenvalue weighted by Gasteiger charge is 2.31. The second kappa shape index (κ2) is 11.1. The second-order valence-corrected chi connectivity index (χ2v) is 8.50. The van der Waals surface area contributed by atoms with E-state index in [2.05, 4.69) is 17.0 Å². The number of carboxylic acids is 1. The van der Waals surface area contributed by atoms with Crippen molar-refractivity contribution in [1.82, 2.24) is 4.90 Å². The lowest BCUT2D eigenvalue weighted by atomic mass is 9.91. The van der Waals surface area contributed by atoms with Crippen LogP contribution in [0.15, 0.2) is 72.8 Å². The third-order valence-corrected chi connectivity index (χ3v) is 6.42. The Kier molecular flexibility index (Phi) is 7.70. The Hall–Kier alpha value is -3.51. The van der Waals surface area contributed by atoms with Crippen LogP contribution in [0.25, 0.3) is 0 Å². The molecule has 1 saturated heterocycles. The number of nitrogens with zero attached hydrogens (tertiary/aromatic N) is 1. The number of carbonyl (C=O) groups is 1. The highest BCUT2D eigenvalue weighted by Crippen LogP contribution is 2.39. The van der Waals surface area contributed by atoms with Gasteiger partial charge in [-0.15, -0.1) is 0 Å². The van der Waals surface area contributed by atoms with Crippen LogP contribution in [0.1, 0.15) is 35.6 Å². The Morgan fingerprint density at radius 2 is 1.62 bits per heavy atom. The number of benzene rings is 3. The van der Waals surface area contributed by atoms with Crippen LogP contribution in [-0.2, 0) is 11.4 Å². The summed E-state index contributed by atoms with van der Waals surface area (Å²) in [5.41, 5.74) is 3.24. The predicted octanol–water partition coefficient (Wildman–Crippen LogP) is 5.17. The summed E-state index contributed by atoms with van der Waals surface area (Å²) in [4.78, 5) is 13.8. The molecule has 0 saturated carbocycles. The van der Waals surface area contributed by atoms with Gasteiger partial charge >= 0.3 is 5.97 Å². The molecule has 0 bridgehead atoms. The lowest BCUT2D eigenvalue weighted by molar-refractivity contribution is -0.143. The molecule has 3 aromatic carbocycles. The van der Waals surface area contributed by atoms with E-state index in [0.29, 0.717) is 32.5 Å². The van der Waals surface area contributed by atoms with Gasteiger partial charge in [0.25, 0.3) is 0 Å². The van der Waals surface area contributed by atoms with Crippen LogP contribution in [0, 0.1) is 5.92 Å². The highest BCUT2D eigenvalue weighted by molar-refractivity contribution is 5.70. The van der Waals surface area contributed by atoms with E-state index in [4.69, 9.17) is 14.2 Å². The van der Waals surface area contributed by atoms with Gasteiger partial charge in [-0.25, -0.2) is 0 Å². The molecule has 1 fully saturated rings. The number of aliphatic carboxylic acids is 1. The quantitative estimate of drug-likeness (QED) is 0.474. The van der Waals surface area contributed by atoms with E-state index in [-0.39, 0.29) is 12.0 Å². The van der Waals surface area contributed by atoms with E-state index in [1.807, 2.05) is 60.7 Å². The molecule has 34 heavy (non-hydrogen) atoms. The molecular weight excluding hydrogens is 430 g/mol. The average molecular weight is 462 g/mol. The molecule has 0 aliphatic carbocycles. The molecule has 1 N–H and O–H groups in total. The van der Waals surface area contributed by atoms with Crippen LogP contribution in [0.4, 0.5) is 0 Å². The van der Waals surface area contributed by atoms with E-state index in [9.17, 15) is 9.90 Å². The summed E-state index contributed by atoms with van der Waals surface area (Å²) in [5.74, 6) is 1.28. The van der Waals surface area contributed by atoms with Gasteiger partial charge in [0.15, 0.2) is 0 Å². The molecule has 1 atom stereocenters. The summed E-state index contributed by atoms with van der Waals surface area (Å²) in [6.07, 6.45) is 1.26. The Morgan fingerprint density at radius 3 is 2.24 bits per heavy atom.